The van der Waals surface area contributed by atoms with E-state index in [0.717, 1.165) is 23.4 Å². The molecule has 0 spiro atoms. The number of carbonyl (C=O) groups is 2. The summed E-state index contributed by atoms with van der Waals surface area (Å²) in [6, 6.07) is 7.67. The summed E-state index contributed by atoms with van der Waals surface area (Å²) >= 11 is 1.55. The topological polar surface area (TPSA) is 71.1 Å². The van der Waals surface area contributed by atoms with E-state index in [4.69, 9.17) is 0 Å². The van der Waals surface area contributed by atoms with Crippen LogP contribution in [0, 0.1) is 0 Å². The summed E-state index contributed by atoms with van der Waals surface area (Å²) in [5, 5.41) is 7.73. The Kier molecular flexibility index (Phi) is 4.48. The molecular weight excluding hydrogens is 298 g/mol. The molecule has 1 aliphatic rings. The fourth-order valence-electron chi connectivity index (χ4n) is 2.67. The Bertz CT molecular complexity index is 670. The molecule has 1 atom stereocenters. The Morgan fingerprint density at radius 1 is 1.41 bits per heavy atom. The molecule has 2 N–H and O–H groups in total. The minimum atomic E-state index is -0.0516. The third kappa shape index (κ3) is 3.51. The summed E-state index contributed by atoms with van der Waals surface area (Å²) in [6.07, 6.45) is 1.43. The van der Waals surface area contributed by atoms with Gasteiger partial charge >= 0.3 is 0 Å². The number of para-hydroxylation sites is 1. The highest BCUT2D eigenvalue weighted by molar-refractivity contribution is 7.07. The number of aromatic nitrogens is 1. The van der Waals surface area contributed by atoms with Crippen molar-refractivity contribution in [3.8, 4) is 0 Å². The number of amides is 2. The van der Waals surface area contributed by atoms with Gasteiger partial charge in [0.2, 0.25) is 11.8 Å². The maximum absolute atomic E-state index is 12.1. The maximum Gasteiger partial charge on any atom is 0.225 e. The van der Waals surface area contributed by atoms with Crippen molar-refractivity contribution in [3.63, 3.8) is 0 Å². The molecule has 0 saturated heterocycles. The van der Waals surface area contributed by atoms with Crippen LogP contribution < -0.4 is 10.6 Å². The number of nitrogens with one attached hydrogen (secondary N) is 2. The van der Waals surface area contributed by atoms with E-state index in [9.17, 15) is 9.59 Å². The fraction of sp³-hybridized carbons (Fsp3) is 0.312. The molecule has 0 radical (unpaired) electrons. The minimum Gasteiger partial charge on any atom is -0.356 e. The molecule has 1 aliphatic heterocycles. The quantitative estimate of drug-likeness (QED) is 0.889. The van der Waals surface area contributed by atoms with Gasteiger partial charge in [-0.3, -0.25) is 9.59 Å². The first kappa shape index (κ1) is 14.7. The predicted octanol–water partition coefficient (Wildman–Crippen LogP) is 2.32. The number of fused-ring (bicyclic) bond motifs is 1. The molecule has 0 bridgehead atoms. The van der Waals surface area contributed by atoms with Crippen molar-refractivity contribution in [1.29, 1.82) is 0 Å². The highest BCUT2D eigenvalue weighted by atomic mass is 32.1. The highest BCUT2D eigenvalue weighted by Crippen LogP contribution is 2.33. The Morgan fingerprint density at radius 3 is 3.09 bits per heavy atom. The van der Waals surface area contributed by atoms with Gasteiger partial charge < -0.3 is 10.6 Å². The van der Waals surface area contributed by atoms with Gasteiger partial charge in [0, 0.05) is 42.8 Å². The average molecular weight is 315 g/mol. The van der Waals surface area contributed by atoms with Crippen molar-refractivity contribution in [2.75, 3.05) is 11.9 Å². The van der Waals surface area contributed by atoms with Crippen LogP contribution in [-0.2, 0) is 16.0 Å². The second-order valence-corrected chi connectivity index (χ2v) is 6.04. The Labute approximate surface area is 132 Å². The zero-order valence-electron chi connectivity index (χ0n) is 12.0. The van der Waals surface area contributed by atoms with E-state index in [1.54, 1.807) is 16.8 Å². The van der Waals surface area contributed by atoms with Crippen LogP contribution in [0.5, 0.6) is 0 Å². The first-order chi connectivity index (χ1) is 10.7. The first-order valence-electron chi connectivity index (χ1n) is 7.25. The molecule has 22 heavy (non-hydrogen) atoms. The molecule has 0 fully saturated rings. The van der Waals surface area contributed by atoms with E-state index >= 15 is 0 Å². The smallest absolute Gasteiger partial charge is 0.225 e. The number of nitrogens with zero attached hydrogens (tertiary/aromatic N) is 1. The lowest BCUT2D eigenvalue weighted by Crippen LogP contribution is -2.30. The third-order valence-electron chi connectivity index (χ3n) is 3.73. The van der Waals surface area contributed by atoms with E-state index in [1.807, 2.05) is 29.6 Å². The lowest BCUT2D eigenvalue weighted by Gasteiger charge is -2.25. The number of anilines is 1. The molecule has 1 unspecified atom stereocenters. The van der Waals surface area contributed by atoms with Gasteiger partial charge in [-0.05, 0) is 11.6 Å². The lowest BCUT2D eigenvalue weighted by atomic mass is 9.88. The number of thiazole rings is 1. The van der Waals surface area contributed by atoms with E-state index in [-0.39, 0.29) is 17.7 Å². The molecule has 0 saturated carbocycles. The van der Waals surface area contributed by atoms with E-state index in [1.165, 1.54) is 0 Å². The lowest BCUT2D eigenvalue weighted by molar-refractivity contribution is -0.121. The molecule has 0 aliphatic carbocycles. The highest BCUT2D eigenvalue weighted by Gasteiger charge is 2.26. The van der Waals surface area contributed by atoms with Crippen molar-refractivity contribution < 1.29 is 9.59 Å². The summed E-state index contributed by atoms with van der Waals surface area (Å²) in [4.78, 5) is 28.0. The Morgan fingerprint density at radius 2 is 2.27 bits per heavy atom. The molecule has 3 rings (SSSR count). The van der Waals surface area contributed by atoms with Crippen molar-refractivity contribution >= 4 is 28.8 Å². The Balaban J connectivity index is 1.56. The van der Waals surface area contributed by atoms with Gasteiger partial charge in [-0.15, -0.1) is 11.3 Å². The molecule has 1 aromatic heterocycles. The number of hydrogen-bond donors (Lipinski definition) is 2. The standard InChI is InChI=1S/C16H17N3O2S/c20-15(17-6-5-12-9-22-10-18-12)7-11-8-16(21)19-14-4-2-1-3-13(11)14/h1-4,9-11H,5-8H2,(H,17,20)(H,19,21). The maximum atomic E-state index is 12.1. The van der Waals surface area contributed by atoms with E-state index < -0.39 is 0 Å². The van der Waals surface area contributed by atoms with E-state index in [2.05, 4.69) is 15.6 Å². The number of carbonyl (C=O) groups excluding carboxylic acids is 2. The second kappa shape index (κ2) is 6.70. The van der Waals surface area contributed by atoms with Crippen LogP contribution in [0.1, 0.15) is 30.0 Å². The molecule has 5 nitrogen and oxygen atoms in total. The third-order valence-corrected chi connectivity index (χ3v) is 4.36. The van der Waals surface area contributed by atoms with Crippen molar-refractivity contribution in [3.05, 3.63) is 46.4 Å². The van der Waals surface area contributed by atoms with Crippen LogP contribution in [0.4, 0.5) is 5.69 Å². The van der Waals surface area contributed by atoms with Crippen LogP contribution in [0.3, 0.4) is 0 Å². The first-order valence-corrected chi connectivity index (χ1v) is 8.19. The summed E-state index contributed by atoms with van der Waals surface area (Å²) in [7, 11) is 0. The normalized spacial score (nSPS) is 16.7. The predicted molar refractivity (Wildman–Crippen MR) is 85.9 cm³/mol. The summed E-state index contributed by atoms with van der Waals surface area (Å²) in [5.41, 5.74) is 4.64. The van der Waals surface area contributed by atoms with Gasteiger partial charge in [-0.2, -0.15) is 0 Å². The summed E-state index contributed by atoms with van der Waals surface area (Å²) in [5.74, 6) is -0.104. The molecule has 2 aromatic rings. The largest absolute Gasteiger partial charge is 0.356 e. The van der Waals surface area contributed by atoms with Crippen molar-refractivity contribution in [2.24, 2.45) is 0 Å². The minimum absolute atomic E-state index is 0.0234. The van der Waals surface area contributed by atoms with Crippen LogP contribution in [0.2, 0.25) is 0 Å². The molecular formula is C16H17N3O2S. The summed E-state index contributed by atoms with van der Waals surface area (Å²) < 4.78 is 0. The summed E-state index contributed by atoms with van der Waals surface area (Å²) in [6.45, 7) is 0.573. The van der Waals surface area contributed by atoms with Gasteiger partial charge in [-0.1, -0.05) is 18.2 Å². The molecule has 1 aromatic carbocycles. The SMILES string of the molecule is O=C(CC1CC(=O)Nc2ccccc21)NCCc1cscn1. The van der Waals surface area contributed by atoms with Gasteiger partial charge in [0.1, 0.15) is 0 Å². The van der Waals surface area contributed by atoms with Crippen LogP contribution in [0.15, 0.2) is 35.2 Å². The van der Waals surface area contributed by atoms with E-state index in [0.29, 0.717) is 19.4 Å². The fourth-order valence-corrected chi connectivity index (χ4v) is 3.26. The van der Waals surface area contributed by atoms with Gasteiger partial charge in [0.05, 0.1) is 11.2 Å². The van der Waals surface area contributed by atoms with Gasteiger partial charge in [0.15, 0.2) is 0 Å². The average Bonchev–Trinajstić information content (AvgIpc) is 3.00. The number of rotatable bonds is 5. The van der Waals surface area contributed by atoms with Crippen LogP contribution in [-0.4, -0.2) is 23.3 Å². The molecule has 2 heterocycles. The van der Waals surface area contributed by atoms with Crippen molar-refractivity contribution in [1.82, 2.24) is 10.3 Å². The zero-order chi connectivity index (χ0) is 15.4. The zero-order valence-corrected chi connectivity index (χ0v) is 12.9. The van der Waals surface area contributed by atoms with Gasteiger partial charge in [-0.25, -0.2) is 4.98 Å². The number of benzene rings is 1. The van der Waals surface area contributed by atoms with Crippen LogP contribution in [0.25, 0.3) is 0 Å². The molecule has 6 heteroatoms. The molecule has 2 amide bonds. The molecule has 114 valence electrons. The van der Waals surface area contributed by atoms with Crippen LogP contribution >= 0.6 is 11.3 Å². The monoisotopic (exact) mass is 315 g/mol. The van der Waals surface area contributed by atoms with Crippen molar-refractivity contribution in [2.45, 2.75) is 25.2 Å². The number of hydrogen-bond acceptors (Lipinski definition) is 4. The Hall–Kier alpha value is -2.21. The van der Waals surface area contributed by atoms with Gasteiger partial charge in [0.25, 0.3) is 0 Å². The second-order valence-electron chi connectivity index (χ2n) is 5.32.